The van der Waals surface area contributed by atoms with Gasteiger partial charge in [-0.3, -0.25) is 4.90 Å². The largest absolute Gasteiger partial charge is 0.395 e. The van der Waals surface area contributed by atoms with E-state index in [1.54, 1.807) is 0 Å². The minimum absolute atomic E-state index is 0.0972. The quantitative estimate of drug-likeness (QED) is 0.450. The lowest BCUT2D eigenvalue weighted by Crippen LogP contribution is -2.51. The summed E-state index contributed by atoms with van der Waals surface area (Å²) in [6, 6.07) is 0. The number of nitrogens with two attached hydrogens (primary N) is 2. The van der Waals surface area contributed by atoms with E-state index in [0.29, 0.717) is 6.54 Å². The Kier molecular flexibility index (Phi) is 9.23. The lowest BCUT2D eigenvalue weighted by molar-refractivity contribution is 0.172. The Balaban J connectivity index is 0.000000364. The van der Waals surface area contributed by atoms with Crippen molar-refractivity contribution in [2.75, 3.05) is 39.3 Å². The van der Waals surface area contributed by atoms with Crippen LogP contribution < -0.4 is 16.8 Å². The van der Waals surface area contributed by atoms with Crippen LogP contribution in [0.3, 0.4) is 0 Å². The van der Waals surface area contributed by atoms with Crippen LogP contribution in [0.5, 0.6) is 0 Å². The van der Waals surface area contributed by atoms with Crippen LogP contribution in [0.25, 0.3) is 0 Å². The molecular weight excluding hydrogens is 180 g/mol. The molecule has 0 spiro atoms. The maximum atomic E-state index is 7.75. The number of hydrogen-bond donors (Lipinski definition) is 4. The summed E-state index contributed by atoms with van der Waals surface area (Å²) in [6.45, 7) is 7.00. The van der Waals surface area contributed by atoms with E-state index >= 15 is 0 Å². The number of aliphatic hydroxyl groups is 1. The topological polar surface area (TPSA) is 87.5 Å². The average molecular weight is 204 g/mol. The SMILES string of the molecule is CCC(N)N1CCNCC1.NCCO. The van der Waals surface area contributed by atoms with Crippen LogP contribution in [-0.2, 0) is 0 Å². The van der Waals surface area contributed by atoms with Crippen molar-refractivity contribution < 1.29 is 5.11 Å². The van der Waals surface area contributed by atoms with Gasteiger partial charge in [0.1, 0.15) is 0 Å². The fourth-order valence-corrected chi connectivity index (χ4v) is 1.27. The van der Waals surface area contributed by atoms with Gasteiger partial charge in [0, 0.05) is 32.7 Å². The van der Waals surface area contributed by atoms with Gasteiger partial charge in [-0.25, -0.2) is 0 Å². The molecule has 86 valence electrons. The van der Waals surface area contributed by atoms with Gasteiger partial charge in [-0.1, -0.05) is 6.92 Å². The molecular formula is C9H24N4O. The Morgan fingerprint density at radius 1 is 1.43 bits per heavy atom. The Morgan fingerprint density at radius 2 is 1.93 bits per heavy atom. The second kappa shape index (κ2) is 9.36. The summed E-state index contributed by atoms with van der Waals surface area (Å²) in [5, 5.41) is 11.0. The summed E-state index contributed by atoms with van der Waals surface area (Å²) in [7, 11) is 0. The average Bonchev–Trinajstić information content (AvgIpc) is 2.29. The Hall–Kier alpha value is -0.200. The highest BCUT2D eigenvalue weighted by atomic mass is 16.3. The van der Waals surface area contributed by atoms with Crippen molar-refractivity contribution in [3.05, 3.63) is 0 Å². The lowest BCUT2D eigenvalue weighted by Gasteiger charge is -2.31. The molecule has 1 atom stereocenters. The summed E-state index contributed by atoms with van der Waals surface area (Å²) in [5.74, 6) is 0. The number of hydrogen-bond acceptors (Lipinski definition) is 5. The first-order valence-corrected chi connectivity index (χ1v) is 5.27. The maximum Gasteiger partial charge on any atom is 0.0570 e. The highest BCUT2D eigenvalue weighted by molar-refractivity contribution is 4.71. The minimum atomic E-state index is 0.0972. The Bertz CT molecular complexity index is 115. The van der Waals surface area contributed by atoms with Gasteiger partial charge in [0.2, 0.25) is 0 Å². The molecule has 1 fully saturated rings. The molecule has 14 heavy (non-hydrogen) atoms. The van der Waals surface area contributed by atoms with Gasteiger partial charge in [0.15, 0.2) is 0 Å². The van der Waals surface area contributed by atoms with Crippen LogP contribution in [0.2, 0.25) is 0 Å². The van der Waals surface area contributed by atoms with E-state index in [-0.39, 0.29) is 12.8 Å². The van der Waals surface area contributed by atoms with Gasteiger partial charge in [-0.15, -0.1) is 0 Å². The third-order valence-electron chi connectivity index (χ3n) is 2.17. The van der Waals surface area contributed by atoms with Gasteiger partial charge in [-0.2, -0.15) is 0 Å². The molecule has 5 heteroatoms. The van der Waals surface area contributed by atoms with Gasteiger partial charge in [0.05, 0.1) is 12.8 Å². The smallest absolute Gasteiger partial charge is 0.0570 e. The Labute approximate surface area is 86.4 Å². The second-order valence-electron chi connectivity index (χ2n) is 3.27. The molecule has 0 radical (unpaired) electrons. The predicted octanol–water partition coefficient (Wildman–Crippen LogP) is -1.48. The van der Waals surface area contributed by atoms with Crippen LogP contribution in [0, 0.1) is 0 Å². The van der Waals surface area contributed by atoms with Crippen molar-refractivity contribution in [2.45, 2.75) is 19.5 Å². The first-order chi connectivity index (χ1) is 6.76. The van der Waals surface area contributed by atoms with Crippen molar-refractivity contribution >= 4 is 0 Å². The number of piperazine rings is 1. The third kappa shape index (κ3) is 6.28. The minimum Gasteiger partial charge on any atom is -0.395 e. The van der Waals surface area contributed by atoms with E-state index < -0.39 is 0 Å². The molecule has 0 aromatic rings. The molecule has 0 amide bonds. The highest BCUT2D eigenvalue weighted by Crippen LogP contribution is 1.98. The fraction of sp³-hybridized carbons (Fsp3) is 1.00. The van der Waals surface area contributed by atoms with E-state index in [4.69, 9.17) is 16.6 Å². The molecule has 1 saturated heterocycles. The van der Waals surface area contributed by atoms with Crippen molar-refractivity contribution in [1.82, 2.24) is 10.2 Å². The zero-order valence-corrected chi connectivity index (χ0v) is 9.08. The van der Waals surface area contributed by atoms with Crippen LogP contribution in [0.1, 0.15) is 13.3 Å². The highest BCUT2D eigenvalue weighted by Gasteiger charge is 2.13. The lowest BCUT2D eigenvalue weighted by atomic mass is 10.3. The summed E-state index contributed by atoms with van der Waals surface area (Å²) in [4.78, 5) is 2.33. The molecule has 1 rings (SSSR count). The molecule has 6 N–H and O–H groups in total. The zero-order valence-electron chi connectivity index (χ0n) is 9.08. The molecule has 0 bridgehead atoms. The Morgan fingerprint density at radius 3 is 2.29 bits per heavy atom. The summed E-state index contributed by atoms with van der Waals surface area (Å²) >= 11 is 0. The van der Waals surface area contributed by atoms with Crippen LogP contribution in [0.4, 0.5) is 0 Å². The van der Waals surface area contributed by atoms with E-state index in [2.05, 4.69) is 17.1 Å². The van der Waals surface area contributed by atoms with Crippen LogP contribution in [-0.4, -0.2) is 55.5 Å². The number of aliphatic hydroxyl groups excluding tert-OH is 1. The maximum absolute atomic E-state index is 7.75. The van der Waals surface area contributed by atoms with Gasteiger partial charge in [-0.05, 0) is 6.42 Å². The van der Waals surface area contributed by atoms with E-state index in [1.807, 2.05) is 0 Å². The van der Waals surface area contributed by atoms with Gasteiger partial charge in [0.25, 0.3) is 0 Å². The van der Waals surface area contributed by atoms with Gasteiger partial charge >= 0.3 is 0 Å². The van der Waals surface area contributed by atoms with Crippen molar-refractivity contribution in [2.24, 2.45) is 11.5 Å². The summed E-state index contributed by atoms with van der Waals surface area (Å²) in [5.41, 5.74) is 10.6. The number of nitrogens with one attached hydrogen (secondary N) is 1. The first kappa shape index (κ1) is 13.8. The molecule has 0 aromatic heterocycles. The molecule has 0 aromatic carbocycles. The zero-order chi connectivity index (χ0) is 10.8. The van der Waals surface area contributed by atoms with E-state index in [9.17, 15) is 0 Å². The van der Waals surface area contributed by atoms with Gasteiger partial charge < -0.3 is 21.9 Å². The molecule has 5 nitrogen and oxygen atoms in total. The second-order valence-corrected chi connectivity index (χ2v) is 3.27. The monoisotopic (exact) mass is 204 g/mol. The van der Waals surface area contributed by atoms with E-state index in [0.717, 1.165) is 32.6 Å². The normalized spacial score (nSPS) is 19.7. The molecule has 1 heterocycles. The van der Waals surface area contributed by atoms with Crippen molar-refractivity contribution in [1.29, 1.82) is 0 Å². The van der Waals surface area contributed by atoms with Crippen molar-refractivity contribution in [3.63, 3.8) is 0 Å². The number of rotatable bonds is 3. The molecule has 1 aliphatic rings. The third-order valence-corrected chi connectivity index (χ3v) is 2.17. The van der Waals surface area contributed by atoms with Crippen molar-refractivity contribution in [3.8, 4) is 0 Å². The number of nitrogens with zero attached hydrogens (tertiary/aromatic N) is 1. The van der Waals surface area contributed by atoms with Crippen LogP contribution >= 0.6 is 0 Å². The molecule has 0 aliphatic carbocycles. The first-order valence-electron chi connectivity index (χ1n) is 5.27. The molecule has 0 saturated carbocycles. The summed E-state index contributed by atoms with van der Waals surface area (Å²) in [6.07, 6.45) is 1.34. The summed E-state index contributed by atoms with van der Waals surface area (Å²) < 4.78 is 0. The van der Waals surface area contributed by atoms with Crippen LogP contribution in [0.15, 0.2) is 0 Å². The standard InChI is InChI=1S/C7H17N3.C2H7NO/c1-2-7(8)10-5-3-9-4-6-10;3-1-2-4/h7,9H,2-6,8H2,1H3;4H,1-3H2. The predicted molar refractivity (Wildman–Crippen MR) is 58.8 cm³/mol. The molecule has 1 unspecified atom stereocenters. The van der Waals surface area contributed by atoms with E-state index in [1.165, 1.54) is 0 Å². The fourth-order valence-electron chi connectivity index (χ4n) is 1.27. The molecule has 1 aliphatic heterocycles.